The minimum atomic E-state index is -3.60. The molecule has 5 nitrogen and oxygen atoms in total. The van der Waals surface area contributed by atoms with E-state index >= 15 is 0 Å². The molecule has 0 bridgehead atoms. The maximum atomic E-state index is 13.1. The number of nitrogens with one attached hydrogen (secondary N) is 1. The SMILES string of the molecule is CC(C)N(C)S(=O)(=O)c1ccc(C(=O)NC(C)(c2ccccc2)c2ccccc2)cc1. The summed E-state index contributed by atoms with van der Waals surface area (Å²) in [5.41, 5.74) is 1.55. The van der Waals surface area contributed by atoms with Gasteiger partial charge in [0, 0.05) is 18.7 Å². The minimum absolute atomic E-state index is 0.161. The molecule has 1 amide bonds. The number of carbonyl (C=O) groups excluding carboxylic acids is 1. The molecule has 3 aromatic carbocycles. The number of rotatable bonds is 7. The molecule has 0 aliphatic rings. The van der Waals surface area contributed by atoms with Crippen LogP contribution in [0.3, 0.4) is 0 Å². The van der Waals surface area contributed by atoms with Gasteiger partial charge in [0.2, 0.25) is 10.0 Å². The van der Waals surface area contributed by atoms with E-state index in [0.717, 1.165) is 11.1 Å². The first kappa shape index (κ1) is 22.7. The van der Waals surface area contributed by atoms with Crippen LogP contribution in [0.4, 0.5) is 0 Å². The average molecular weight is 437 g/mol. The van der Waals surface area contributed by atoms with Crippen LogP contribution in [0.2, 0.25) is 0 Å². The fourth-order valence-electron chi connectivity index (χ4n) is 3.38. The van der Waals surface area contributed by atoms with E-state index in [1.807, 2.05) is 81.4 Å². The van der Waals surface area contributed by atoms with Crippen LogP contribution in [0.1, 0.15) is 42.3 Å². The van der Waals surface area contributed by atoms with E-state index in [9.17, 15) is 13.2 Å². The van der Waals surface area contributed by atoms with Gasteiger partial charge in [-0.3, -0.25) is 4.79 Å². The molecule has 0 fully saturated rings. The maximum Gasteiger partial charge on any atom is 0.252 e. The number of nitrogens with zero attached hydrogens (tertiary/aromatic N) is 1. The van der Waals surface area contributed by atoms with E-state index in [1.165, 1.54) is 16.4 Å². The first-order valence-corrected chi connectivity index (χ1v) is 11.6. The van der Waals surface area contributed by atoms with E-state index in [0.29, 0.717) is 5.56 Å². The number of carbonyl (C=O) groups is 1. The predicted molar refractivity (Wildman–Crippen MR) is 123 cm³/mol. The zero-order chi connectivity index (χ0) is 22.6. The molecule has 0 aliphatic heterocycles. The molecular formula is C25H28N2O3S. The molecule has 0 saturated carbocycles. The average Bonchev–Trinajstić information content (AvgIpc) is 2.79. The van der Waals surface area contributed by atoms with Gasteiger partial charge in [0.15, 0.2) is 0 Å². The van der Waals surface area contributed by atoms with Crippen molar-refractivity contribution in [3.05, 3.63) is 102 Å². The van der Waals surface area contributed by atoms with Crippen molar-refractivity contribution in [2.75, 3.05) is 7.05 Å². The molecule has 162 valence electrons. The van der Waals surface area contributed by atoms with Gasteiger partial charge in [0.05, 0.1) is 10.4 Å². The Morgan fingerprint density at radius 2 is 1.29 bits per heavy atom. The van der Waals surface area contributed by atoms with Gasteiger partial charge in [-0.15, -0.1) is 0 Å². The summed E-state index contributed by atoms with van der Waals surface area (Å²) in [6, 6.07) is 25.4. The van der Waals surface area contributed by atoms with Crippen molar-refractivity contribution in [2.45, 2.75) is 37.2 Å². The molecule has 0 unspecified atom stereocenters. The lowest BCUT2D eigenvalue weighted by molar-refractivity contribution is 0.0919. The van der Waals surface area contributed by atoms with Crippen LogP contribution in [0, 0.1) is 0 Å². The molecule has 0 aromatic heterocycles. The highest BCUT2D eigenvalue weighted by atomic mass is 32.2. The molecule has 0 aliphatic carbocycles. The monoisotopic (exact) mass is 436 g/mol. The van der Waals surface area contributed by atoms with Gasteiger partial charge < -0.3 is 5.32 Å². The third kappa shape index (κ3) is 4.70. The van der Waals surface area contributed by atoms with Crippen molar-refractivity contribution in [3.8, 4) is 0 Å². The van der Waals surface area contributed by atoms with Gasteiger partial charge in [-0.05, 0) is 56.2 Å². The van der Waals surface area contributed by atoms with Crippen LogP contribution in [0.25, 0.3) is 0 Å². The van der Waals surface area contributed by atoms with Crippen molar-refractivity contribution in [1.29, 1.82) is 0 Å². The van der Waals surface area contributed by atoms with Crippen LogP contribution in [0.15, 0.2) is 89.8 Å². The second-order valence-electron chi connectivity index (χ2n) is 7.95. The summed E-state index contributed by atoms with van der Waals surface area (Å²) >= 11 is 0. The fraction of sp³-hybridized carbons (Fsp3) is 0.240. The van der Waals surface area contributed by atoms with Gasteiger partial charge in [-0.1, -0.05) is 60.7 Å². The molecule has 1 N–H and O–H groups in total. The first-order chi connectivity index (χ1) is 14.7. The Morgan fingerprint density at radius 3 is 1.71 bits per heavy atom. The normalized spacial score (nSPS) is 12.2. The van der Waals surface area contributed by atoms with Gasteiger partial charge in [0.1, 0.15) is 0 Å². The van der Waals surface area contributed by atoms with Crippen LogP contribution < -0.4 is 5.32 Å². The number of sulfonamides is 1. The van der Waals surface area contributed by atoms with Gasteiger partial charge in [-0.25, -0.2) is 8.42 Å². The highest BCUT2D eigenvalue weighted by molar-refractivity contribution is 7.89. The third-order valence-corrected chi connectivity index (χ3v) is 7.63. The third-order valence-electron chi connectivity index (χ3n) is 5.59. The topological polar surface area (TPSA) is 66.5 Å². The molecule has 31 heavy (non-hydrogen) atoms. The molecule has 0 saturated heterocycles. The van der Waals surface area contributed by atoms with Crippen molar-refractivity contribution >= 4 is 15.9 Å². The van der Waals surface area contributed by atoms with Crippen LogP contribution in [-0.4, -0.2) is 31.7 Å². The van der Waals surface area contributed by atoms with Crippen molar-refractivity contribution in [2.24, 2.45) is 0 Å². The minimum Gasteiger partial charge on any atom is -0.339 e. The quantitative estimate of drug-likeness (QED) is 0.597. The Morgan fingerprint density at radius 1 is 0.839 bits per heavy atom. The Balaban J connectivity index is 1.91. The Labute approximate surface area is 184 Å². The van der Waals surface area contributed by atoms with E-state index in [1.54, 1.807) is 19.2 Å². The van der Waals surface area contributed by atoms with E-state index < -0.39 is 15.6 Å². The summed E-state index contributed by atoms with van der Waals surface area (Å²) in [6.45, 7) is 5.59. The molecule has 0 atom stereocenters. The zero-order valence-electron chi connectivity index (χ0n) is 18.2. The molecule has 3 rings (SSSR count). The number of hydrogen-bond acceptors (Lipinski definition) is 3. The maximum absolute atomic E-state index is 13.1. The fourth-order valence-corrected chi connectivity index (χ4v) is 4.74. The smallest absolute Gasteiger partial charge is 0.252 e. The standard InChI is InChI=1S/C25H28N2O3S/c1-19(2)27(4)31(29,30)23-17-15-20(16-18-23)24(28)26-25(3,21-11-7-5-8-12-21)22-13-9-6-10-14-22/h5-19H,1-4H3,(H,26,28). The Hall–Kier alpha value is -2.96. The van der Waals surface area contributed by atoms with E-state index in [4.69, 9.17) is 0 Å². The van der Waals surface area contributed by atoms with Crippen molar-refractivity contribution in [1.82, 2.24) is 9.62 Å². The number of hydrogen-bond donors (Lipinski definition) is 1. The summed E-state index contributed by atoms with van der Waals surface area (Å²) in [5.74, 6) is -0.281. The summed E-state index contributed by atoms with van der Waals surface area (Å²) in [4.78, 5) is 13.3. The lowest BCUT2D eigenvalue weighted by Gasteiger charge is -2.32. The van der Waals surface area contributed by atoms with E-state index in [-0.39, 0.29) is 16.8 Å². The summed E-state index contributed by atoms with van der Waals surface area (Å²) in [7, 11) is -2.05. The van der Waals surface area contributed by atoms with Crippen LogP contribution >= 0.6 is 0 Å². The Bertz CT molecular complexity index is 1090. The first-order valence-electron chi connectivity index (χ1n) is 10.2. The number of amides is 1. The van der Waals surface area contributed by atoms with Crippen LogP contribution in [0.5, 0.6) is 0 Å². The second kappa shape index (κ2) is 9.04. The summed E-state index contributed by atoms with van der Waals surface area (Å²) < 4.78 is 26.7. The van der Waals surface area contributed by atoms with Crippen molar-refractivity contribution < 1.29 is 13.2 Å². The summed E-state index contributed by atoms with van der Waals surface area (Å²) in [5, 5.41) is 3.14. The van der Waals surface area contributed by atoms with Gasteiger partial charge in [0.25, 0.3) is 5.91 Å². The van der Waals surface area contributed by atoms with Crippen LogP contribution in [-0.2, 0) is 15.6 Å². The van der Waals surface area contributed by atoms with Crippen molar-refractivity contribution in [3.63, 3.8) is 0 Å². The zero-order valence-corrected chi connectivity index (χ0v) is 19.1. The molecule has 0 spiro atoms. The lowest BCUT2D eigenvalue weighted by atomic mass is 9.84. The molecule has 0 radical (unpaired) electrons. The second-order valence-corrected chi connectivity index (χ2v) is 9.95. The number of benzene rings is 3. The Kier molecular flexibility index (Phi) is 6.62. The lowest BCUT2D eigenvalue weighted by Crippen LogP contribution is -2.44. The predicted octanol–water partition coefficient (Wildman–Crippen LogP) is 4.41. The van der Waals surface area contributed by atoms with Gasteiger partial charge in [-0.2, -0.15) is 4.31 Å². The highest BCUT2D eigenvalue weighted by Crippen LogP contribution is 2.29. The summed E-state index contributed by atoms with van der Waals surface area (Å²) in [6.07, 6.45) is 0. The molecule has 3 aromatic rings. The molecule has 6 heteroatoms. The molecule has 0 heterocycles. The highest BCUT2D eigenvalue weighted by Gasteiger charge is 2.31. The largest absolute Gasteiger partial charge is 0.339 e. The van der Waals surface area contributed by atoms with Gasteiger partial charge >= 0.3 is 0 Å². The molecular weight excluding hydrogens is 408 g/mol. The van der Waals surface area contributed by atoms with E-state index in [2.05, 4.69) is 5.32 Å².